The number of benzene rings is 1. The van der Waals surface area contributed by atoms with Gasteiger partial charge in [0, 0.05) is 17.6 Å². The van der Waals surface area contributed by atoms with Crippen LogP contribution in [0.4, 0.5) is 5.69 Å². The second-order valence-corrected chi connectivity index (χ2v) is 9.04. The third-order valence-corrected chi connectivity index (χ3v) is 7.12. The Hall–Kier alpha value is -1.85. The molecule has 1 fully saturated rings. The molecular weight excluding hydrogens is 447 g/mol. The number of amidine groups is 1. The monoisotopic (exact) mass is 468 g/mol. The molecule has 2 aliphatic heterocycles. The first-order valence-corrected chi connectivity index (χ1v) is 11.2. The molecule has 31 heavy (non-hydrogen) atoms. The molecule has 1 aromatic heterocycles. The maximum absolute atomic E-state index is 12.7. The molecular formula is C20H21N4NaO4S2. The predicted octanol–water partition coefficient (Wildman–Crippen LogP) is -1.25. The molecule has 0 spiro atoms. The summed E-state index contributed by atoms with van der Waals surface area (Å²) in [6.07, 6.45) is -1.12. The molecule has 11 heteroatoms. The number of carbonyl (C=O) groups excluding carboxylic acids is 2. The van der Waals surface area contributed by atoms with Crippen LogP contribution in [0.25, 0.3) is 0 Å². The molecule has 2 amide bonds. The zero-order valence-electron chi connectivity index (χ0n) is 18.1. The van der Waals surface area contributed by atoms with Crippen LogP contribution in [0.1, 0.15) is 6.30 Å². The van der Waals surface area contributed by atoms with E-state index in [2.05, 4.69) is 10.3 Å². The molecule has 2 unspecified atom stereocenters. The van der Waals surface area contributed by atoms with Crippen molar-refractivity contribution in [3.63, 3.8) is 0 Å². The predicted molar refractivity (Wildman–Crippen MR) is 118 cm³/mol. The molecule has 4 rings (SSSR count). The third-order valence-electron chi connectivity index (χ3n) is 4.98. The summed E-state index contributed by atoms with van der Waals surface area (Å²) in [7, 11) is 1.82. The number of thioether (sulfide) groups is 1. The summed E-state index contributed by atoms with van der Waals surface area (Å²) in [6, 6.07) is 12.5. The standard InChI is InChI=1S/C20H20N4O4S2.Na.H/c1-23(12-6-3-2-4-7-12)14-11-30-19-16(18(26)24(19)17(21-14)20(27)28)22-15(25)10-13-8-5-9-29-13;;/h2-9,16-17,19H,10-11H2,1H3,(H,22,25)(H,27,28);;/q;+1;-1/t16?,17-,19?;;/m1../s1. The van der Waals surface area contributed by atoms with E-state index >= 15 is 0 Å². The van der Waals surface area contributed by atoms with Crippen molar-refractivity contribution >= 4 is 52.4 Å². The molecule has 8 nitrogen and oxygen atoms in total. The first-order chi connectivity index (χ1) is 14.5. The van der Waals surface area contributed by atoms with Crippen LogP contribution in [0.2, 0.25) is 0 Å². The van der Waals surface area contributed by atoms with Crippen LogP contribution >= 0.6 is 23.1 Å². The van der Waals surface area contributed by atoms with Crippen LogP contribution in [-0.2, 0) is 20.8 Å². The molecule has 3 atom stereocenters. The van der Waals surface area contributed by atoms with E-state index in [0.29, 0.717) is 11.6 Å². The SMILES string of the molecule is CN(C1=N[C@@H](C(=O)O)N2C(=O)C(NC(=O)Cc3cccs3)C2SC1)c1ccccc1.[H-].[Na+]. The van der Waals surface area contributed by atoms with Gasteiger partial charge >= 0.3 is 35.5 Å². The summed E-state index contributed by atoms with van der Waals surface area (Å²) in [5, 5.41) is 13.9. The molecule has 2 aliphatic rings. The number of hydrogen-bond donors (Lipinski definition) is 2. The number of rotatable bonds is 5. The van der Waals surface area contributed by atoms with Gasteiger partial charge in [-0.15, -0.1) is 23.1 Å². The molecule has 0 saturated carbocycles. The van der Waals surface area contributed by atoms with E-state index < -0.39 is 29.5 Å². The van der Waals surface area contributed by atoms with E-state index in [1.165, 1.54) is 28.0 Å². The van der Waals surface area contributed by atoms with Gasteiger partial charge in [-0.3, -0.25) is 14.5 Å². The zero-order chi connectivity index (χ0) is 21.3. The van der Waals surface area contributed by atoms with E-state index in [4.69, 9.17) is 0 Å². The van der Waals surface area contributed by atoms with Crippen molar-refractivity contribution in [3.8, 4) is 0 Å². The summed E-state index contributed by atoms with van der Waals surface area (Å²) < 4.78 is 0. The third kappa shape index (κ3) is 4.98. The molecule has 158 valence electrons. The summed E-state index contributed by atoms with van der Waals surface area (Å²) in [4.78, 5) is 45.3. The Morgan fingerprint density at radius 3 is 2.68 bits per heavy atom. The maximum Gasteiger partial charge on any atom is 1.00 e. The van der Waals surface area contributed by atoms with Gasteiger partial charge in [-0.25, -0.2) is 9.79 Å². The Balaban J connectivity index is 0.00000181. The van der Waals surface area contributed by atoms with Gasteiger partial charge in [-0.1, -0.05) is 24.3 Å². The molecule has 2 aromatic rings. The molecule has 0 bridgehead atoms. The number of carboxylic acid groups (broad SMARTS) is 1. The molecule has 1 saturated heterocycles. The van der Waals surface area contributed by atoms with Crippen LogP contribution in [-0.4, -0.2) is 64.0 Å². The van der Waals surface area contributed by atoms with Crippen molar-refractivity contribution in [2.24, 2.45) is 4.99 Å². The Morgan fingerprint density at radius 1 is 1.29 bits per heavy atom. The van der Waals surface area contributed by atoms with Crippen LogP contribution in [0.5, 0.6) is 0 Å². The first-order valence-electron chi connectivity index (χ1n) is 9.29. The second-order valence-electron chi connectivity index (χ2n) is 6.90. The quantitative estimate of drug-likeness (QED) is 0.420. The van der Waals surface area contributed by atoms with Crippen molar-refractivity contribution in [1.82, 2.24) is 10.2 Å². The van der Waals surface area contributed by atoms with E-state index in [-0.39, 0.29) is 43.3 Å². The normalized spacial score (nSPS) is 22.2. The number of β-lactam (4-membered cyclic amide) rings is 1. The largest absolute Gasteiger partial charge is 1.00 e. The zero-order valence-corrected chi connectivity index (χ0v) is 20.7. The fourth-order valence-corrected chi connectivity index (χ4v) is 5.46. The Labute approximate surface area is 211 Å². The fourth-order valence-electron chi connectivity index (χ4n) is 3.41. The molecule has 3 heterocycles. The maximum atomic E-state index is 12.7. The fraction of sp³-hybridized carbons (Fsp3) is 0.300. The van der Waals surface area contributed by atoms with E-state index in [0.717, 1.165) is 10.6 Å². The number of nitrogens with zero attached hydrogens (tertiary/aromatic N) is 3. The van der Waals surface area contributed by atoms with E-state index in [1.807, 2.05) is 59.8 Å². The van der Waals surface area contributed by atoms with Crippen LogP contribution in [0.3, 0.4) is 0 Å². The van der Waals surface area contributed by atoms with Crippen LogP contribution in [0.15, 0.2) is 52.8 Å². The summed E-state index contributed by atoms with van der Waals surface area (Å²) in [5.74, 6) is -0.898. The average Bonchev–Trinajstić information content (AvgIpc) is 3.17. The number of aliphatic imine (C=N–C) groups is 1. The van der Waals surface area contributed by atoms with Gasteiger partial charge in [0.15, 0.2) is 0 Å². The van der Waals surface area contributed by atoms with Crippen molar-refractivity contribution in [2.45, 2.75) is 24.0 Å². The summed E-state index contributed by atoms with van der Waals surface area (Å²) in [6.45, 7) is 0. The minimum absolute atomic E-state index is 0. The number of carbonyl (C=O) groups is 3. The van der Waals surface area contributed by atoms with Gasteiger partial charge in [0.1, 0.15) is 17.3 Å². The number of fused-ring (bicyclic) bond motifs is 1. The smallest absolute Gasteiger partial charge is 1.00 e. The Bertz CT molecular complexity index is 993. The number of para-hydroxylation sites is 1. The van der Waals surface area contributed by atoms with Gasteiger partial charge in [-0.05, 0) is 23.6 Å². The molecule has 2 N–H and O–H groups in total. The Morgan fingerprint density at radius 2 is 2.03 bits per heavy atom. The Kier molecular flexibility index (Phi) is 7.82. The summed E-state index contributed by atoms with van der Waals surface area (Å²) >= 11 is 2.88. The average molecular weight is 469 g/mol. The van der Waals surface area contributed by atoms with Crippen LogP contribution < -0.4 is 39.8 Å². The number of hydrogen-bond acceptors (Lipinski definition) is 7. The topological polar surface area (TPSA) is 102 Å². The van der Waals surface area contributed by atoms with Crippen molar-refractivity contribution in [3.05, 3.63) is 52.7 Å². The number of carboxylic acids is 1. The van der Waals surface area contributed by atoms with E-state index in [1.54, 1.807) is 0 Å². The number of anilines is 1. The van der Waals surface area contributed by atoms with Crippen molar-refractivity contribution in [2.75, 3.05) is 17.7 Å². The van der Waals surface area contributed by atoms with Gasteiger partial charge in [0.2, 0.25) is 12.1 Å². The summed E-state index contributed by atoms with van der Waals surface area (Å²) in [5.41, 5.74) is 0.873. The number of nitrogens with one attached hydrogen (secondary N) is 1. The van der Waals surface area contributed by atoms with Crippen molar-refractivity contribution in [1.29, 1.82) is 0 Å². The van der Waals surface area contributed by atoms with Gasteiger partial charge in [0.05, 0.1) is 12.2 Å². The van der Waals surface area contributed by atoms with Gasteiger partial charge in [-0.2, -0.15) is 0 Å². The minimum Gasteiger partial charge on any atom is -1.00 e. The first kappa shape index (κ1) is 23.8. The second kappa shape index (κ2) is 10.2. The molecule has 0 radical (unpaired) electrons. The number of aliphatic carboxylic acids is 1. The van der Waals surface area contributed by atoms with Gasteiger partial charge < -0.3 is 16.7 Å². The van der Waals surface area contributed by atoms with E-state index in [9.17, 15) is 19.5 Å². The number of thiophene rings is 1. The van der Waals surface area contributed by atoms with Crippen molar-refractivity contribution < 1.29 is 50.5 Å². The number of amides is 2. The van der Waals surface area contributed by atoms with Crippen LogP contribution in [0, 0.1) is 0 Å². The molecule has 0 aliphatic carbocycles. The molecule has 1 aromatic carbocycles. The van der Waals surface area contributed by atoms with Gasteiger partial charge in [0.25, 0.3) is 5.91 Å². The minimum atomic E-state index is -1.32.